The lowest BCUT2D eigenvalue weighted by Crippen LogP contribution is -2.29. The van der Waals surface area contributed by atoms with Gasteiger partial charge in [0.15, 0.2) is 5.65 Å². The predicted molar refractivity (Wildman–Crippen MR) is 102 cm³/mol. The maximum atomic E-state index is 13.3. The van der Waals surface area contributed by atoms with Gasteiger partial charge < -0.3 is 4.90 Å². The van der Waals surface area contributed by atoms with Gasteiger partial charge in [-0.2, -0.15) is 5.10 Å². The molecule has 0 bridgehead atoms. The lowest BCUT2D eigenvalue weighted by molar-refractivity contribution is 0.0792. The fourth-order valence-corrected chi connectivity index (χ4v) is 4.15. The third kappa shape index (κ3) is 2.68. The standard InChI is InChI=1S/C21H24N4O/c1-13-7-5-6-8-17(13)16-9-10-25(12-16)21(26)18-11-14(2)22-20-19(18)15(3)23-24(20)4/h5-8,11,16H,9-10,12H2,1-4H3/t16-/m0/s1. The van der Waals surface area contributed by atoms with Crippen LogP contribution in [0.3, 0.4) is 0 Å². The first-order valence-corrected chi connectivity index (χ1v) is 9.11. The molecule has 0 aliphatic carbocycles. The first-order chi connectivity index (χ1) is 12.5. The summed E-state index contributed by atoms with van der Waals surface area (Å²) in [5, 5.41) is 5.34. The Morgan fingerprint density at radius 3 is 2.73 bits per heavy atom. The van der Waals surface area contributed by atoms with Crippen LogP contribution in [-0.2, 0) is 7.05 Å². The Hall–Kier alpha value is -2.69. The molecule has 1 aromatic carbocycles. The smallest absolute Gasteiger partial charge is 0.254 e. The van der Waals surface area contributed by atoms with E-state index in [2.05, 4.69) is 41.3 Å². The molecule has 4 rings (SSSR count). The molecule has 1 saturated heterocycles. The highest BCUT2D eigenvalue weighted by atomic mass is 16.2. The normalized spacial score (nSPS) is 17.2. The third-order valence-corrected chi connectivity index (χ3v) is 5.43. The molecule has 5 nitrogen and oxygen atoms in total. The molecule has 2 aromatic heterocycles. The van der Waals surface area contributed by atoms with Crippen LogP contribution in [0.5, 0.6) is 0 Å². The van der Waals surface area contributed by atoms with E-state index in [4.69, 9.17) is 0 Å². The van der Waals surface area contributed by atoms with E-state index in [9.17, 15) is 4.79 Å². The summed E-state index contributed by atoms with van der Waals surface area (Å²) in [4.78, 5) is 19.9. The number of likely N-dealkylation sites (tertiary alicyclic amines) is 1. The zero-order valence-electron chi connectivity index (χ0n) is 15.8. The Labute approximate surface area is 153 Å². The summed E-state index contributed by atoms with van der Waals surface area (Å²) in [7, 11) is 1.88. The van der Waals surface area contributed by atoms with E-state index < -0.39 is 0 Å². The highest BCUT2D eigenvalue weighted by molar-refractivity contribution is 6.06. The van der Waals surface area contributed by atoms with Gasteiger partial charge in [-0.05, 0) is 44.4 Å². The molecule has 3 aromatic rings. The summed E-state index contributed by atoms with van der Waals surface area (Å²) in [6.07, 6.45) is 1.01. The van der Waals surface area contributed by atoms with Crippen LogP contribution in [0.15, 0.2) is 30.3 Å². The van der Waals surface area contributed by atoms with Crippen molar-refractivity contribution in [1.82, 2.24) is 19.7 Å². The van der Waals surface area contributed by atoms with Crippen LogP contribution in [0.4, 0.5) is 0 Å². The van der Waals surface area contributed by atoms with Gasteiger partial charge >= 0.3 is 0 Å². The van der Waals surface area contributed by atoms with Crippen molar-refractivity contribution in [3.63, 3.8) is 0 Å². The Bertz CT molecular complexity index is 1000. The van der Waals surface area contributed by atoms with Crippen LogP contribution in [0, 0.1) is 20.8 Å². The predicted octanol–water partition coefficient (Wildman–Crippen LogP) is 3.52. The Morgan fingerprint density at radius 2 is 1.96 bits per heavy atom. The minimum atomic E-state index is 0.0904. The van der Waals surface area contributed by atoms with Crippen molar-refractivity contribution in [3.8, 4) is 0 Å². The van der Waals surface area contributed by atoms with Crippen molar-refractivity contribution in [2.24, 2.45) is 7.05 Å². The van der Waals surface area contributed by atoms with Crippen LogP contribution < -0.4 is 0 Å². The summed E-state index contributed by atoms with van der Waals surface area (Å²) in [5.74, 6) is 0.501. The molecule has 3 heterocycles. The average Bonchev–Trinajstić information content (AvgIpc) is 3.20. The van der Waals surface area contributed by atoms with Crippen LogP contribution >= 0.6 is 0 Å². The van der Waals surface area contributed by atoms with Crippen molar-refractivity contribution < 1.29 is 4.79 Å². The number of fused-ring (bicyclic) bond motifs is 1. The molecule has 0 unspecified atom stereocenters. The topological polar surface area (TPSA) is 51.0 Å². The molecular formula is C21H24N4O. The van der Waals surface area contributed by atoms with E-state index in [0.29, 0.717) is 5.92 Å². The van der Waals surface area contributed by atoms with Crippen LogP contribution in [0.25, 0.3) is 11.0 Å². The minimum absolute atomic E-state index is 0.0904. The van der Waals surface area contributed by atoms with Crippen LogP contribution in [0.1, 0.15) is 45.2 Å². The maximum Gasteiger partial charge on any atom is 0.254 e. The second kappa shape index (κ2) is 6.24. The molecule has 0 saturated carbocycles. The van der Waals surface area contributed by atoms with Gasteiger partial charge in [-0.3, -0.25) is 9.48 Å². The molecule has 1 aliphatic heterocycles. The Morgan fingerprint density at radius 1 is 1.19 bits per heavy atom. The SMILES string of the molecule is Cc1cc(C(=O)N2CC[C@H](c3ccccc3C)C2)c2c(C)nn(C)c2n1. The minimum Gasteiger partial charge on any atom is -0.338 e. The first kappa shape index (κ1) is 16.8. The number of aromatic nitrogens is 3. The van der Waals surface area contributed by atoms with Crippen LogP contribution in [0.2, 0.25) is 0 Å². The fraction of sp³-hybridized carbons (Fsp3) is 0.381. The zero-order valence-corrected chi connectivity index (χ0v) is 15.8. The maximum absolute atomic E-state index is 13.3. The summed E-state index contributed by atoms with van der Waals surface area (Å²) in [5.41, 5.74) is 5.86. The summed E-state index contributed by atoms with van der Waals surface area (Å²) in [6.45, 7) is 7.58. The molecule has 1 aliphatic rings. The Balaban J connectivity index is 1.67. The molecule has 1 amide bonds. The molecule has 5 heteroatoms. The molecule has 0 N–H and O–H groups in total. The van der Waals surface area contributed by atoms with Gasteiger partial charge in [-0.1, -0.05) is 24.3 Å². The fourth-order valence-electron chi connectivity index (χ4n) is 4.15. The van der Waals surface area contributed by atoms with Gasteiger partial charge in [-0.25, -0.2) is 4.98 Å². The number of hydrogen-bond donors (Lipinski definition) is 0. The monoisotopic (exact) mass is 348 g/mol. The van der Waals surface area contributed by atoms with Gasteiger partial charge in [0.1, 0.15) is 0 Å². The number of carbonyl (C=O) groups is 1. The number of aryl methyl sites for hydroxylation is 4. The van der Waals surface area contributed by atoms with E-state index in [1.807, 2.05) is 31.9 Å². The number of amides is 1. The third-order valence-electron chi connectivity index (χ3n) is 5.43. The largest absolute Gasteiger partial charge is 0.338 e. The van der Waals surface area contributed by atoms with Crippen molar-refractivity contribution >= 4 is 16.9 Å². The number of rotatable bonds is 2. The van der Waals surface area contributed by atoms with E-state index in [1.165, 1.54) is 11.1 Å². The number of hydrogen-bond acceptors (Lipinski definition) is 3. The number of pyridine rings is 1. The van der Waals surface area contributed by atoms with Crippen molar-refractivity contribution in [3.05, 3.63) is 58.4 Å². The van der Waals surface area contributed by atoms with Gasteiger partial charge in [0.25, 0.3) is 5.91 Å². The molecule has 26 heavy (non-hydrogen) atoms. The lowest BCUT2D eigenvalue weighted by atomic mass is 9.94. The average molecular weight is 348 g/mol. The van der Waals surface area contributed by atoms with E-state index in [-0.39, 0.29) is 5.91 Å². The highest BCUT2D eigenvalue weighted by Gasteiger charge is 2.30. The molecule has 1 fully saturated rings. The van der Waals surface area contributed by atoms with Crippen molar-refractivity contribution in [1.29, 1.82) is 0 Å². The number of benzene rings is 1. The van der Waals surface area contributed by atoms with Gasteiger partial charge in [0.2, 0.25) is 0 Å². The molecule has 0 radical (unpaired) electrons. The lowest BCUT2D eigenvalue weighted by Gasteiger charge is -2.18. The highest BCUT2D eigenvalue weighted by Crippen LogP contribution is 2.31. The molecule has 0 spiro atoms. The van der Waals surface area contributed by atoms with Crippen LogP contribution in [-0.4, -0.2) is 38.7 Å². The molecule has 134 valence electrons. The number of carbonyl (C=O) groups excluding carboxylic acids is 1. The second-order valence-corrected chi connectivity index (χ2v) is 7.31. The van der Waals surface area contributed by atoms with E-state index in [1.54, 1.807) is 4.68 Å². The van der Waals surface area contributed by atoms with Gasteiger partial charge in [0, 0.05) is 31.7 Å². The second-order valence-electron chi connectivity index (χ2n) is 7.31. The quantitative estimate of drug-likeness (QED) is 0.712. The van der Waals surface area contributed by atoms with E-state index >= 15 is 0 Å². The van der Waals surface area contributed by atoms with Gasteiger partial charge in [-0.15, -0.1) is 0 Å². The van der Waals surface area contributed by atoms with Gasteiger partial charge in [0.05, 0.1) is 16.6 Å². The zero-order chi connectivity index (χ0) is 18.4. The van der Waals surface area contributed by atoms with Crippen molar-refractivity contribution in [2.45, 2.75) is 33.1 Å². The van der Waals surface area contributed by atoms with Crippen molar-refractivity contribution in [2.75, 3.05) is 13.1 Å². The first-order valence-electron chi connectivity index (χ1n) is 9.11. The molecular weight excluding hydrogens is 324 g/mol. The van der Waals surface area contributed by atoms with E-state index in [0.717, 1.165) is 47.5 Å². The summed E-state index contributed by atoms with van der Waals surface area (Å²) >= 11 is 0. The number of nitrogens with zero attached hydrogens (tertiary/aromatic N) is 4. The Kier molecular flexibility index (Phi) is 4.02. The molecule has 1 atom stereocenters. The summed E-state index contributed by atoms with van der Waals surface area (Å²) in [6, 6.07) is 10.4. The summed E-state index contributed by atoms with van der Waals surface area (Å²) < 4.78 is 1.76.